The number of nitrogens with zero attached hydrogens (tertiary/aromatic N) is 3. The van der Waals surface area contributed by atoms with Gasteiger partial charge in [-0.15, -0.1) is 0 Å². The van der Waals surface area contributed by atoms with Crippen molar-refractivity contribution in [1.82, 2.24) is 20.7 Å². The van der Waals surface area contributed by atoms with Crippen molar-refractivity contribution in [3.63, 3.8) is 0 Å². The quantitative estimate of drug-likeness (QED) is 0.246. The SMILES string of the molecule is CC.CCC.CCCc1ccc(C2=N[C@@H](CC(=O)NCC)c3onc(C)c3-c3ccc(-c4cn[nH]c4)cc32)cc1.[HH]. The third-order valence-corrected chi connectivity index (χ3v) is 6.37. The largest absolute Gasteiger partial charge is 0.358 e. The molecule has 4 aromatic rings. The highest BCUT2D eigenvalue weighted by Crippen LogP contribution is 2.42. The van der Waals surface area contributed by atoms with Crippen molar-refractivity contribution in [2.45, 2.75) is 80.2 Å². The Balaban J connectivity index is 0.000000921. The minimum atomic E-state index is -0.479. The smallest absolute Gasteiger partial charge is 0.222 e. The molecule has 2 aromatic carbocycles. The first-order chi connectivity index (χ1) is 19.5. The van der Waals surface area contributed by atoms with Crippen molar-refractivity contribution in [1.29, 1.82) is 0 Å². The van der Waals surface area contributed by atoms with E-state index in [1.165, 1.54) is 12.0 Å². The average Bonchev–Trinajstić information content (AvgIpc) is 3.61. The van der Waals surface area contributed by atoms with Crippen LogP contribution in [0.4, 0.5) is 0 Å². The van der Waals surface area contributed by atoms with Crippen molar-refractivity contribution < 1.29 is 10.7 Å². The Morgan fingerprint density at radius 2 is 1.70 bits per heavy atom. The number of aryl methyl sites for hydroxylation is 2. The van der Waals surface area contributed by atoms with Crippen molar-refractivity contribution in [3.05, 3.63) is 83.0 Å². The van der Waals surface area contributed by atoms with Crippen LogP contribution in [0.2, 0.25) is 0 Å². The van der Waals surface area contributed by atoms with E-state index in [1.54, 1.807) is 0 Å². The third kappa shape index (κ3) is 6.95. The van der Waals surface area contributed by atoms with Gasteiger partial charge < -0.3 is 9.84 Å². The van der Waals surface area contributed by atoms with Crippen LogP contribution in [0.5, 0.6) is 0 Å². The molecule has 0 radical (unpaired) electrons. The molecule has 2 aromatic heterocycles. The van der Waals surface area contributed by atoms with Gasteiger partial charge in [-0.1, -0.05) is 89.0 Å². The van der Waals surface area contributed by atoms with E-state index in [-0.39, 0.29) is 13.8 Å². The molecule has 3 heterocycles. The summed E-state index contributed by atoms with van der Waals surface area (Å²) in [5.74, 6) is 0.563. The number of aromatic nitrogens is 3. The van der Waals surface area contributed by atoms with Crippen molar-refractivity contribution in [2.24, 2.45) is 4.99 Å². The number of carbonyl (C=O) groups is 1. The Bertz CT molecular complexity index is 1390. The van der Waals surface area contributed by atoms with Crippen LogP contribution in [0.15, 0.2) is 64.4 Å². The zero-order valence-corrected chi connectivity index (χ0v) is 25.0. The highest BCUT2D eigenvalue weighted by Gasteiger charge is 2.32. The van der Waals surface area contributed by atoms with E-state index in [2.05, 4.69) is 83.9 Å². The lowest BCUT2D eigenvalue weighted by molar-refractivity contribution is -0.121. The minimum Gasteiger partial charge on any atom is -0.358 e. The first-order valence-corrected chi connectivity index (χ1v) is 14.5. The van der Waals surface area contributed by atoms with E-state index < -0.39 is 6.04 Å². The van der Waals surface area contributed by atoms with Gasteiger partial charge in [0, 0.05) is 30.9 Å². The molecule has 7 nitrogen and oxygen atoms in total. The lowest BCUT2D eigenvalue weighted by atomic mass is 9.90. The van der Waals surface area contributed by atoms with Crippen LogP contribution in [0.3, 0.4) is 0 Å². The molecule has 0 spiro atoms. The lowest BCUT2D eigenvalue weighted by Gasteiger charge is -2.14. The number of fused-ring (bicyclic) bond motifs is 3. The predicted molar refractivity (Wildman–Crippen MR) is 166 cm³/mol. The summed E-state index contributed by atoms with van der Waals surface area (Å²) in [6, 6.07) is 14.4. The van der Waals surface area contributed by atoms with Gasteiger partial charge >= 0.3 is 0 Å². The number of aliphatic imine (C=N–C) groups is 1. The van der Waals surface area contributed by atoms with Crippen LogP contribution in [0.1, 0.15) is 96.4 Å². The van der Waals surface area contributed by atoms with Gasteiger partial charge in [0.15, 0.2) is 5.76 Å². The van der Waals surface area contributed by atoms with E-state index in [4.69, 9.17) is 9.52 Å². The standard InChI is InChI=1S/C28H29N5O2.C3H8.C2H6.H2/c1-4-6-18-7-9-19(10-8-18)27-23-13-20(21-15-30-31-16-21)11-12-22(23)26-17(3)33-35-28(26)24(32-27)14-25(34)29-5-2;1-3-2;1-2;/h7-13,15-16,24H,4-6,14H2,1-3H3,(H,29,34)(H,30,31);3H2,1-2H3;1-2H3;1H/t24-;;;/m0.../s1. The second-order valence-corrected chi connectivity index (χ2v) is 9.56. The summed E-state index contributed by atoms with van der Waals surface area (Å²) in [5.41, 5.74) is 8.85. The van der Waals surface area contributed by atoms with E-state index in [0.717, 1.165) is 57.6 Å². The van der Waals surface area contributed by atoms with E-state index in [1.807, 2.05) is 40.1 Å². The van der Waals surface area contributed by atoms with E-state index in [0.29, 0.717) is 12.3 Å². The fourth-order valence-electron chi connectivity index (χ4n) is 4.70. The molecule has 1 atom stereocenters. The summed E-state index contributed by atoms with van der Waals surface area (Å²) < 4.78 is 5.80. The minimum absolute atomic E-state index is 0. The van der Waals surface area contributed by atoms with Crippen LogP contribution in [-0.2, 0) is 11.2 Å². The Hall–Kier alpha value is -4.00. The summed E-state index contributed by atoms with van der Waals surface area (Å²) in [6.45, 7) is 14.8. The number of hydrogen-bond acceptors (Lipinski definition) is 5. The monoisotopic (exact) mass is 543 g/mol. The van der Waals surface area contributed by atoms with Gasteiger partial charge in [0.2, 0.25) is 5.91 Å². The maximum Gasteiger partial charge on any atom is 0.222 e. The molecule has 0 saturated carbocycles. The molecule has 40 heavy (non-hydrogen) atoms. The van der Waals surface area contributed by atoms with Crippen LogP contribution in [0.25, 0.3) is 22.3 Å². The second kappa shape index (κ2) is 15.0. The molecule has 1 aliphatic heterocycles. The Kier molecular flexibility index (Phi) is 11.4. The van der Waals surface area contributed by atoms with Gasteiger partial charge in [-0.3, -0.25) is 14.9 Å². The lowest BCUT2D eigenvalue weighted by Crippen LogP contribution is -2.24. The fourth-order valence-corrected chi connectivity index (χ4v) is 4.70. The molecule has 1 amide bonds. The number of hydrogen-bond donors (Lipinski definition) is 2. The van der Waals surface area contributed by atoms with Crippen molar-refractivity contribution in [2.75, 3.05) is 6.54 Å². The molecule has 7 heteroatoms. The summed E-state index contributed by atoms with van der Waals surface area (Å²) in [4.78, 5) is 17.8. The highest BCUT2D eigenvalue weighted by atomic mass is 16.5. The Labute approximate surface area is 240 Å². The fraction of sp³-hybridized carbons (Fsp3) is 0.394. The van der Waals surface area contributed by atoms with Crippen molar-refractivity contribution in [3.8, 4) is 22.3 Å². The summed E-state index contributed by atoms with van der Waals surface area (Å²) in [5, 5.41) is 14.2. The first kappa shape index (κ1) is 30.5. The Morgan fingerprint density at radius 3 is 2.33 bits per heavy atom. The summed E-state index contributed by atoms with van der Waals surface area (Å²) in [7, 11) is 0. The van der Waals surface area contributed by atoms with Gasteiger partial charge in [0.25, 0.3) is 0 Å². The second-order valence-electron chi connectivity index (χ2n) is 9.56. The van der Waals surface area contributed by atoms with Gasteiger partial charge in [-0.25, -0.2) is 0 Å². The molecule has 0 bridgehead atoms. The van der Waals surface area contributed by atoms with Gasteiger partial charge in [0.05, 0.1) is 29.6 Å². The van der Waals surface area contributed by atoms with Crippen molar-refractivity contribution >= 4 is 11.6 Å². The van der Waals surface area contributed by atoms with Gasteiger partial charge in [-0.05, 0) is 43.0 Å². The van der Waals surface area contributed by atoms with Crippen LogP contribution < -0.4 is 5.32 Å². The number of benzene rings is 2. The number of nitrogens with one attached hydrogen (secondary N) is 2. The molecule has 214 valence electrons. The van der Waals surface area contributed by atoms with Gasteiger partial charge in [-0.2, -0.15) is 5.10 Å². The number of carbonyl (C=O) groups excluding carboxylic acids is 1. The number of rotatable bonds is 7. The molecular weight excluding hydrogens is 498 g/mol. The first-order valence-electron chi connectivity index (χ1n) is 14.5. The molecule has 2 N–H and O–H groups in total. The Morgan fingerprint density at radius 1 is 1.00 bits per heavy atom. The zero-order valence-electron chi connectivity index (χ0n) is 25.0. The molecule has 0 saturated heterocycles. The van der Waals surface area contributed by atoms with E-state index in [9.17, 15) is 4.79 Å². The maximum absolute atomic E-state index is 12.6. The van der Waals surface area contributed by atoms with Crippen LogP contribution >= 0.6 is 0 Å². The summed E-state index contributed by atoms with van der Waals surface area (Å²) in [6.07, 6.45) is 7.26. The number of aromatic amines is 1. The normalized spacial score (nSPS) is 13.4. The molecule has 0 aliphatic carbocycles. The maximum atomic E-state index is 12.6. The average molecular weight is 544 g/mol. The highest BCUT2D eigenvalue weighted by molar-refractivity contribution is 6.17. The molecule has 1 aliphatic rings. The molecule has 0 unspecified atom stereocenters. The van der Waals surface area contributed by atoms with Crippen LogP contribution in [-0.4, -0.2) is 33.5 Å². The molecule has 5 rings (SSSR count). The number of amides is 1. The summed E-state index contributed by atoms with van der Waals surface area (Å²) >= 11 is 0. The predicted octanol–water partition coefficient (Wildman–Crippen LogP) is 8.10. The molecular formula is C33H45N5O2. The zero-order chi connectivity index (χ0) is 29.1. The van der Waals surface area contributed by atoms with E-state index >= 15 is 0 Å². The number of H-pyrrole nitrogens is 1. The third-order valence-electron chi connectivity index (χ3n) is 6.37. The van der Waals surface area contributed by atoms with Crippen LogP contribution in [0, 0.1) is 6.92 Å². The topological polar surface area (TPSA) is 96.2 Å². The molecule has 0 fully saturated rings. The van der Waals surface area contributed by atoms with Gasteiger partial charge in [0.1, 0.15) is 6.04 Å².